The van der Waals surface area contributed by atoms with Gasteiger partial charge < -0.3 is 7.43 Å². The molecule has 0 aromatic carbocycles. The second-order valence-electron chi connectivity index (χ2n) is 1.34. The Morgan fingerprint density at radius 2 is 2.12 bits per heavy atom. The molecule has 46 valence electrons. The van der Waals surface area contributed by atoms with Crippen LogP contribution in [-0.2, 0) is 19.5 Å². The summed E-state index contributed by atoms with van der Waals surface area (Å²) in [6.07, 6.45) is 11.5. The summed E-state index contributed by atoms with van der Waals surface area (Å²) in [6, 6.07) is 0. The first-order chi connectivity index (χ1) is 3.00. The van der Waals surface area contributed by atoms with Gasteiger partial charge in [0.2, 0.25) is 0 Å². The topological polar surface area (TPSA) is 0 Å². The predicted molar refractivity (Wildman–Crippen MR) is 32.6 cm³/mol. The summed E-state index contributed by atoms with van der Waals surface area (Å²) in [6.45, 7) is 0. The van der Waals surface area contributed by atoms with Crippen LogP contribution in [0, 0.1) is 13.5 Å². The molecule has 1 rings (SSSR count). The third kappa shape index (κ3) is 4.27. The van der Waals surface area contributed by atoms with Crippen LogP contribution in [0.2, 0.25) is 0 Å². The van der Waals surface area contributed by atoms with Crippen molar-refractivity contribution in [2.75, 3.05) is 0 Å². The van der Waals surface area contributed by atoms with Crippen LogP contribution in [0.4, 0.5) is 0 Å². The zero-order valence-electron chi connectivity index (χ0n) is 5.00. The predicted octanol–water partition coefficient (Wildman–Crippen LogP) is 2.14. The number of rotatable bonds is 0. The van der Waals surface area contributed by atoms with Gasteiger partial charge in [0.25, 0.3) is 0 Å². The van der Waals surface area contributed by atoms with Crippen LogP contribution >= 0.6 is 0 Å². The van der Waals surface area contributed by atoms with E-state index in [-0.39, 0.29) is 26.9 Å². The van der Waals surface area contributed by atoms with E-state index in [1.165, 1.54) is 6.42 Å². The Kier molecular flexibility index (Phi) is 9.75. The summed E-state index contributed by atoms with van der Waals surface area (Å²) >= 11 is 0. The second kappa shape index (κ2) is 7.10. The van der Waals surface area contributed by atoms with E-state index in [4.69, 9.17) is 0 Å². The molecule has 0 aromatic rings. The Morgan fingerprint density at radius 3 is 2.25 bits per heavy atom. The molecule has 0 fully saturated rings. The Hall–Kier alpha value is 0.103. The van der Waals surface area contributed by atoms with E-state index in [9.17, 15) is 0 Å². The molecular formula is C7H10Ru. The molecule has 0 bridgehead atoms. The third-order valence-corrected chi connectivity index (χ3v) is 0.806. The summed E-state index contributed by atoms with van der Waals surface area (Å²) in [5, 5.41) is 0. The monoisotopic (exact) mass is 196 g/mol. The van der Waals surface area contributed by atoms with Crippen molar-refractivity contribution in [1.82, 2.24) is 0 Å². The van der Waals surface area contributed by atoms with Crippen molar-refractivity contribution in [2.45, 2.75) is 12.8 Å². The van der Waals surface area contributed by atoms with Crippen molar-refractivity contribution in [2.24, 2.45) is 0 Å². The molecular weight excluding hydrogens is 185 g/mol. The van der Waals surface area contributed by atoms with Crippen LogP contribution in [0.25, 0.3) is 0 Å². The van der Waals surface area contributed by atoms with E-state index in [0.717, 1.165) is 6.42 Å². The summed E-state index contributed by atoms with van der Waals surface area (Å²) < 4.78 is 0. The molecule has 0 aliphatic heterocycles. The fraction of sp³-hybridized carbons (Fsp3) is 0.286. The SMILES string of the molecule is [C-]1=CC=CCC1.[CH3-].[Ru+2]. The molecule has 0 aromatic heterocycles. The fourth-order valence-electron chi connectivity index (χ4n) is 0.482. The van der Waals surface area contributed by atoms with Crippen molar-refractivity contribution in [3.05, 3.63) is 31.7 Å². The normalized spacial score (nSPS) is 14.0. The third-order valence-electron chi connectivity index (χ3n) is 0.806. The standard InChI is InChI=1S/C6H7.CH3.Ru/c1-2-4-6-5-3-1;;/h1-3H,4,6H2;1H3;/q2*-1;+2. The Labute approximate surface area is 64.4 Å². The van der Waals surface area contributed by atoms with Gasteiger partial charge >= 0.3 is 19.5 Å². The summed E-state index contributed by atoms with van der Waals surface area (Å²) in [4.78, 5) is 0. The molecule has 0 saturated carbocycles. The first kappa shape index (κ1) is 11.0. The molecule has 8 heavy (non-hydrogen) atoms. The molecule has 1 heteroatoms. The largest absolute Gasteiger partial charge is 2.00 e. The fourth-order valence-corrected chi connectivity index (χ4v) is 0.482. The molecule has 0 heterocycles. The maximum atomic E-state index is 3.07. The van der Waals surface area contributed by atoms with E-state index in [0.29, 0.717) is 0 Å². The minimum absolute atomic E-state index is 0. The van der Waals surface area contributed by atoms with Crippen LogP contribution in [0.15, 0.2) is 18.2 Å². The minimum atomic E-state index is 0. The van der Waals surface area contributed by atoms with E-state index in [1.807, 2.05) is 12.2 Å². The van der Waals surface area contributed by atoms with Crippen LogP contribution in [0.3, 0.4) is 0 Å². The Bertz CT molecular complexity index is 70.4. The molecule has 0 nitrogen and oxygen atoms in total. The van der Waals surface area contributed by atoms with Gasteiger partial charge in [-0.2, -0.15) is 6.08 Å². The Morgan fingerprint density at radius 1 is 1.38 bits per heavy atom. The van der Waals surface area contributed by atoms with E-state index in [1.54, 1.807) is 0 Å². The summed E-state index contributed by atoms with van der Waals surface area (Å²) in [5.74, 6) is 0. The number of hydrogen-bond donors (Lipinski definition) is 0. The van der Waals surface area contributed by atoms with Crippen molar-refractivity contribution < 1.29 is 19.5 Å². The molecule has 0 unspecified atom stereocenters. The molecule has 1 aliphatic carbocycles. The molecule has 1 aliphatic rings. The molecule has 0 N–H and O–H groups in total. The quantitative estimate of drug-likeness (QED) is 0.410. The molecule has 0 atom stereocenters. The van der Waals surface area contributed by atoms with Crippen molar-refractivity contribution in [1.29, 1.82) is 0 Å². The number of allylic oxidation sites excluding steroid dienone is 4. The van der Waals surface area contributed by atoms with E-state index >= 15 is 0 Å². The molecule has 0 spiro atoms. The van der Waals surface area contributed by atoms with E-state index < -0.39 is 0 Å². The maximum Gasteiger partial charge on any atom is 2.00 e. The van der Waals surface area contributed by atoms with Gasteiger partial charge in [-0.1, -0.05) is 6.42 Å². The van der Waals surface area contributed by atoms with Gasteiger partial charge in [0.05, 0.1) is 0 Å². The molecule has 0 amide bonds. The smallest absolute Gasteiger partial charge is 0.358 e. The van der Waals surface area contributed by atoms with Gasteiger partial charge in [-0.3, -0.25) is 6.08 Å². The van der Waals surface area contributed by atoms with Crippen LogP contribution in [0.1, 0.15) is 12.8 Å². The second-order valence-corrected chi connectivity index (χ2v) is 1.34. The zero-order chi connectivity index (χ0) is 4.24. The first-order valence-electron chi connectivity index (χ1n) is 2.22. The van der Waals surface area contributed by atoms with Gasteiger partial charge in [-0.05, 0) is 0 Å². The summed E-state index contributed by atoms with van der Waals surface area (Å²) in [5.41, 5.74) is 0. The van der Waals surface area contributed by atoms with Gasteiger partial charge in [0.1, 0.15) is 0 Å². The van der Waals surface area contributed by atoms with Gasteiger partial charge in [-0.25, -0.2) is 12.2 Å². The maximum absolute atomic E-state index is 3.07. The van der Waals surface area contributed by atoms with Gasteiger partial charge in [0.15, 0.2) is 0 Å². The van der Waals surface area contributed by atoms with Gasteiger partial charge in [-0.15, -0.1) is 6.42 Å². The molecule has 0 radical (unpaired) electrons. The average molecular weight is 195 g/mol. The zero-order valence-corrected chi connectivity index (χ0v) is 6.74. The van der Waals surface area contributed by atoms with Crippen molar-refractivity contribution in [3.63, 3.8) is 0 Å². The van der Waals surface area contributed by atoms with Crippen LogP contribution in [0.5, 0.6) is 0 Å². The summed E-state index contributed by atoms with van der Waals surface area (Å²) in [7, 11) is 0. The number of hydrogen-bond acceptors (Lipinski definition) is 0. The average Bonchev–Trinajstić information content (AvgIpc) is 1.72. The van der Waals surface area contributed by atoms with Crippen LogP contribution < -0.4 is 0 Å². The van der Waals surface area contributed by atoms with Gasteiger partial charge in [0, 0.05) is 0 Å². The molecule has 0 saturated heterocycles. The first-order valence-corrected chi connectivity index (χ1v) is 2.22. The Balaban J connectivity index is 0. The van der Waals surface area contributed by atoms with Crippen molar-refractivity contribution >= 4 is 0 Å². The van der Waals surface area contributed by atoms with Crippen molar-refractivity contribution in [3.8, 4) is 0 Å². The van der Waals surface area contributed by atoms with Crippen LogP contribution in [-0.4, -0.2) is 0 Å². The van der Waals surface area contributed by atoms with E-state index in [2.05, 4.69) is 12.2 Å². The minimum Gasteiger partial charge on any atom is -0.358 e.